The van der Waals surface area contributed by atoms with Crippen LogP contribution in [0.1, 0.15) is 42.1 Å². The molecular formula is C28H25Cl2NO8. The molecule has 2 aromatic rings. The highest BCUT2D eigenvalue weighted by atomic mass is 35.5. The Bertz CT molecular complexity index is 1530. The Hall–Kier alpha value is -3.69. The van der Waals surface area contributed by atoms with Crippen molar-refractivity contribution in [1.29, 1.82) is 0 Å². The van der Waals surface area contributed by atoms with Crippen LogP contribution in [-0.2, 0) is 14.3 Å². The van der Waals surface area contributed by atoms with Crippen molar-refractivity contribution in [1.82, 2.24) is 5.32 Å². The van der Waals surface area contributed by atoms with Gasteiger partial charge >= 0.3 is 5.97 Å². The van der Waals surface area contributed by atoms with E-state index in [0.717, 1.165) is 0 Å². The number of fused-ring (bicyclic) bond motifs is 1. The third kappa shape index (κ3) is 3.71. The van der Waals surface area contributed by atoms with E-state index in [4.69, 9.17) is 42.1 Å². The standard InChI is InChI=1S/C28H25Cl2NO8/c1-11-8-15-21(20(13-6-7-16(32)14(29)9-13)19(12(2)31-15)27(35)38-5)25(33)28(11)26(34)22-17(36-3)10-18(37-4)23(30)24(22)39-28/h6-7,9-11,20,31-32H,8H2,1-5H3/t11-,20+,28+/m1/s1. The number of phenols is 1. The number of benzene rings is 2. The minimum Gasteiger partial charge on any atom is -0.506 e. The van der Waals surface area contributed by atoms with Gasteiger partial charge in [-0.05, 0) is 31.0 Å². The molecule has 3 atom stereocenters. The maximum atomic E-state index is 14.6. The van der Waals surface area contributed by atoms with Crippen molar-refractivity contribution in [3.8, 4) is 23.0 Å². The average Bonchev–Trinajstić information content (AvgIpc) is 3.23. The molecule has 2 N–H and O–H groups in total. The van der Waals surface area contributed by atoms with Gasteiger partial charge in [0.15, 0.2) is 5.75 Å². The van der Waals surface area contributed by atoms with Gasteiger partial charge in [-0.1, -0.05) is 36.2 Å². The molecule has 0 amide bonds. The molecule has 0 saturated heterocycles. The van der Waals surface area contributed by atoms with Crippen LogP contribution in [0.3, 0.4) is 0 Å². The van der Waals surface area contributed by atoms with Crippen LogP contribution in [0.4, 0.5) is 0 Å². The van der Waals surface area contributed by atoms with Gasteiger partial charge in [-0.2, -0.15) is 0 Å². The van der Waals surface area contributed by atoms with Gasteiger partial charge in [-0.25, -0.2) is 4.79 Å². The lowest BCUT2D eigenvalue weighted by atomic mass is 9.65. The number of dihydropyridines is 1. The number of Topliss-reactive ketones (excluding diaryl/α,β-unsaturated/α-hetero) is 2. The van der Waals surface area contributed by atoms with Crippen molar-refractivity contribution in [3.63, 3.8) is 0 Å². The predicted molar refractivity (Wildman–Crippen MR) is 142 cm³/mol. The summed E-state index contributed by atoms with van der Waals surface area (Å²) in [5.74, 6) is -3.29. The van der Waals surface area contributed by atoms with E-state index in [0.29, 0.717) is 17.0 Å². The molecule has 0 radical (unpaired) electrons. The summed E-state index contributed by atoms with van der Waals surface area (Å²) >= 11 is 12.8. The summed E-state index contributed by atoms with van der Waals surface area (Å²) in [6.45, 7) is 3.45. The summed E-state index contributed by atoms with van der Waals surface area (Å²) in [7, 11) is 4.04. The highest BCUT2D eigenvalue weighted by Gasteiger charge is 2.63. The fourth-order valence-corrected chi connectivity index (χ4v) is 6.15. The van der Waals surface area contributed by atoms with Crippen LogP contribution >= 0.6 is 23.2 Å². The molecule has 2 heterocycles. The van der Waals surface area contributed by atoms with Crippen molar-refractivity contribution in [2.75, 3.05) is 21.3 Å². The number of allylic oxidation sites excluding steroid dienone is 2. The molecule has 0 bridgehead atoms. The first-order valence-corrected chi connectivity index (χ1v) is 12.8. The summed E-state index contributed by atoms with van der Waals surface area (Å²) in [4.78, 5) is 41.8. The summed E-state index contributed by atoms with van der Waals surface area (Å²) in [5.41, 5.74) is -0.134. The molecule has 11 heteroatoms. The van der Waals surface area contributed by atoms with E-state index in [1.54, 1.807) is 19.9 Å². The molecule has 2 aromatic carbocycles. The number of rotatable bonds is 4. The van der Waals surface area contributed by atoms with Crippen LogP contribution in [-0.4, -0.2) is 49.6 Å². The number of ketones is 2. The Balaban J connectivity index is 1.73. The first-order chi connectivity index (χ1) is 18.5. The second kappa shape index (κ2) is 9.50. The molecule has 2 aliphatic heterocycles. The first kappa shape index (κ1) is 26.9. The smallest absolute Gasteiger partial charge is 0.336 e. The number of carbonyl (C=O) groups is 3. The normalized spacial score (nSPS) is 23.8. The zero-order chi connectivity index (χ0) is 28.4. The maximum absolute atomic E-state index is 14.6. The largest absolute Gasteiger partial charge is 0.506 e. The molecule has 204 valence electrons. The van der Waals surface area contributed by atoms with Gasteiger partial charge < -0.3 is 29.4 Å². The zero-order valence-electron chi connectivity index (χ0n) is 21.7. The highest BCUT2D eigenvalue weighted by Crippen LogP contribution is 2.56. The Labute approximate surface area is 234 Å². The number of esters is 1. The van der Waals surface area contributed by atoms with Crippen molar-refractivity contribution in [2.45, 2.75) is 31.8 Å². The second-order valence-corrected chi connectivity index (χ2v) is 10.4. The zero-order valence-corrected chi connectivity index (χ0v) is 23.2. The topological polar surface area (TPSA) is 120 Å². The van der Waals surface area contributed by atoms with Crippen molar-refractivity contribution in [2.24, 2.45) is 5.92 Å². The number of hydrogen-bond donors (Lipinski definition) is 2. The van der Waals surface area contributed by atoms with E-state index in [2.05, 4.69) is 5.32 Å². The first-order valence-electron chi connectivity index (χ1n) is 12.0. The quantitative estimate of drug-likeness (QED) is 0.395. The molecule has 0 saturated carbocycles. The van der Waals surface area contributed by atoms with Crippen molar-refractivity contribution < 1.29 is 38.4 Å². The third-order valence-corrected chi connectivity index (χ3v) is 8.22. The summed E-state index contributed by atoms with van der Waals surface area (Å²) in [5, 5.41) is 13.3. The Kier molecular flexibility index (Phi) is 6.55. The van der Waals surface area contributed by atoms with E-state index < -0.39 is 35.0 Å². The molecule has 5 rings (SSSR count). The number of phenolic OH excluding ortho intramolecular Hbond substituents is 1. The molecule has 0 fully saturated rings. The molecule has 9 nitrogen and oxygen atoms in total. The van der Waals surface area contributed by atoms with Crippen LogP contribution in [0.15, 0.2) is 46.8 Å². The Morgan fingerprint density at radius 3 is 2.41 bits per heavy atom. The van der Waals surface area contributed by atoms with Crippen LogP contribution in [0.25, 0.3) is 0 Å². The van der Waals surface area contributed by atoms with E-state index in [1.807, 2.05) is 0 Å². The van der Waals surface area contributed by atoms with Crippen LogP contribution in [0.5, 0.6) is 23.0 Å². The van der Waals surface area contributed by atoms with E-state index in [-0.39, 0.29) is 56.2 Å². The second-order valence-electron chi connectivity index (χ2n) is 9.59. The lowest BCUT2D eigenvalue weighted by Gasteiger charge is -2.42. The molecule has 1 spiro atoms. The van der Waals surface area contributed by atoms with Gasteiger partial charge in [0.2, 0.25) is 17.2 Å². The van der Waals surface area contributed by atoms with E-state index >= 15 is 0 Å². The maximum Gasteiger partial charge on any atom is 0.336 e. The van der Waals surface area contributed by atoms with Crippen LogP contribution in [0.2, 0.25) is 10.0 Å². The SMILES string of the molecule is COC(=O)C1=C(C)NC2=C(C(=O)[C@@]3(Oc4c(Cl)c(OC)cc(OC)c4C3=O)[C@H](C)C2)[C@H]1c1ccc(O)c(Cl)c1. The molecule has 0 unspecified atom stereocenters. The van der Waals surface area contributed by atoms with Gasteiger partial charge in [0, 0.05) is 34.9 Å². The fourth-order valence-electron chi connectivity index (χ4n) is 5.69. The lowest BCUT2D eigenvalue weighted by Crippen LogP contribution is -2.58. The Morgan fingerprint density at radius 1 is 1.10 bits per heavy atom. The summed E-state index contributed by atoms with van der Waals surface area (Å²) < 4.78 is 22.1. The summed E-state index contributed by atoms with van der Waals surface area (Å²) in [6, 6.07) is 5.88. The number of halogens is 2. The number of hydrogen-bond acceptors (Lipinski definition) is 9. The molecule has 1 aliphatic carbocycles. The number of nitrogens with one attached hydrogen (secondary N) is 1. The van der Waals surface area contributed by atoms with Gasteiger partial charge in [-0.3, -0.25) is 9.59 Å². The van der Waals surface area contributed by atoms with E-state index in [1.165, 1.54) is 39.5 Å². The lowest BCUT2D eigenvalue weighted by molar-refractivity contribution is -0.136. The average molecular weight is 574 g/mol. The van der Waals surface area contributed by atoms with Crippen molar-refractivity contribution >= 4 is 40.7 Å². The number of carbonyl (C=O) groups excluding carboxylic acids is 3. The highest BCUT2D eigenvalue weighted by molar-refractivity contribution is 6.36. The monoisotopic (exact) mass is 573 g/mol. The van der Waals surface area contributed by atoms with Gasteiger partial charge in [0.25, 0.3) is 0 Å². The molecule has 39 heavy (non-hydrogen) atoms. The Morgan fingerprint density at radius 2 is 1.79 bits per heavy atom. The van der Waals surface area contributed by atoms with Crippen LogP contribution < -0.4 is 19.5 Å². The number of aromatic hydroxyl groups is 1. The minimum atomic E-state index is -1.97. The number of methoxy groups -OCH3 is 3. The van der Waals surface area contributed by atoms with E-state index in [9.17, 15) is 19.5 Å². The number of ether oxygens (including phenoxy) is 4. The molecule has 3 aliphatic rings. The third-order valence-electron chi connectivity index (χ3n) is 7.56. The van der Waals surface area contributed by atoms with Gasteiger partial charge in [-0.15, -0.1) is 0 Å². The molecule has 0 aromatic heterocycles. The fraction of sp³-hybridized carbons (Fsp3) is 0.321. The summed E-state index contributed by atoms with van der Waals surface area (Å²) in [6.07, 6.45) is 0.242. The van der Waals surface area contributed by atoms with Gasteiger partial charge in [0.05, 0.1) is 31.9 Å². The minimum absolute atomic E-state index is 0.00460. The van der Waals surface area contributed by atoms with Gasteiger partial charge in [0.1, 0.15) is 27.8 Å². The van der Waals surface area contributed by atoms with Crippen molar-refractivity contribution in [3.05, 3.63) is 68.0 Å². The molecular weight excluding hydrogens is 549 g/mol. The van der Waals surface area contributed by atoms with Crippen LogP contribution in [0, 0.1) is 5.92 Å². The predicted octanol–water partition coefficient (Wildman–Crippen LogP) is 4.73.